The second kappa shape index (κ2) is 12.1. The Kier molecular flexibility index (Phi) is 9.85. The Balaban J connectivity index is 2.32. The quantitative estimate of drug-likeness (QED) is 0.417. The number of hydrogen-bond acceptors (Lipinski definition) is 5. The molecule has 2 atom stereocenters. The van der Waals surface area contributed by atoms with Gasteiger partial charge in [0.25, 0.3) is 0 Å². The van der Waals surface area contributed by atoms with E-state index in [0.29, 0.717) is 11.5 Å². The van der Waals surface area contributed by atoms with Gasteiger partial charge in [-0.3, -0.25) is 0 Å². The van der Waals surface area contributed by atoms with Crippen LogP contribution in [0.1, 0.15) is 64.5 Å². The third-order valence-corrected chi connectivity index (χ3v) is 5.73. The first kappa shape index (κ1) is 23.6. The summed E-state index contributed by atoms with van der Waals surface area (Å²) in [5, 5.41) is 19.1. The van der Waals surface area contributed by atoms with Crippen molar-refractivity contribution in [2.24, 2.45) is 0 Å². The second-order valence-corrected chi connectivity index (χ2v) is 8.37. The lowest BCUT2D eigenvalue weighted by atomic mass is 10.1. The van der Waals surface area contributed by atoms with Gasteiger partial charge in [0.15, 0.2) is 12.6 Å². The van der Waals surface area contributed by atoms with Crippen molar-refractivity contribution in [3.63, 3.8) is 0 Å². The van der Waals surface area contributed by atoms with Crippen molar-refractivity contribution in [1.29, 1.82) is 0 Å². The first-order valence-electron chi connectivity index (χ1n) is 10.6. The summed E-state index contributed by atoms with van der Waals surface area (Å²) < 4.78 is 11.0. The molecule has 2 rings (SSSR count). The van der Waals surface area contributed by atoms with Gasteiger partial charge >= 0.3 is 0 Å². The van der Waals surface area contributed by atoms with Crippen LogP contribution in [0.2, 0.25) is 0 Å². The van der Waals surface area contributed by atoms with E-state index in [0.717, 1.165) is 38.5 Å². The fourth-order valence-electron chi connectivity index (χ4n) is 3.09. The Morgan fingerprint density at radius 1 is 0.759 bits per heavy atom. The monoisotopic (exact) mass is 418 g/mol. The normalized spacial score (nSPS) is 13.2. The van der Waals surface area contributed by atoms with Gasteiger partial charge in [0.2, 0.25) is 0 Å². The standard InChI is InChI=1S/C24H34O4S/c1-5-7-9-19-15-21(27-17(3)25)11-13-23(19)29-24-14-12-22(28-18(4)26)16-20(24)10-8-6-2/h11-18,25-26H,5-10H2,1-4H3. The van der Waals surface area contributed by atoms with E-state index in [1.807, 2.05) is 24.3 Å². The van der Waals surface area contributed by atoms with Crippen LogP contribution in [0.5, 0.6) is 11.5 Å². The summed E-state index contributed by atoms with van der Waals surface area (Å²) in [6.07, 6.45) is 4.76. The van der Waals surface area contributed by atoms with Crippen molar-refractivity contribution >= 4 is 11.8 Å². The lowest BCUT2D eigenvalue weighted by Gasteiger charge is -2.16. The molecule has 0 aromatic heterocycles. The molecule has 0 bridgehead atoms. The molecule has 0 radical (unpaired) electrons. The lowest BCUT2D eigenvalue weighted by Crippen LogP contribution is -2.10. The van der Waals surface area contributed by atoms with Gasteiger partial charge in [-0.15, -0.1) is 0 Å². The van der Waals surface area contributed by atoms with Crippen LogP contribution in [-0.4, -0.2) is 22.8 Å². The van der Waals surface area contributed by atoms with Crippen LogP contribution in [0.15, 0.2) is 46.2 Å². The lowest BCUT2D eigenvalue weighted by molar-refractivity contribution is -0.000964. The molecule has 2 aromatic carbocycles. The fourth-order valence-corrected chi connectivity index (χ4v) is 4.19. The highest BCUT2D eigenvalue weighted by atomic mass is 32.2. The summed E-state index contributed by atoms with van der Waals surface area (Å²) in [4.78, 5) is 2.41. The van der Waals surface area contributed by atoms with E-state index in [1.165, 1.54) is 20.9 Å². The molecule has 2 unspecified atom stereocenters. The maximum Gasteiger partial charge on any atom is 0.194 e. The SMILES string of the molecule is CCCCc1cc(OC(C)O)ccc1Sc1ccc(OC(C)O)cc1CCCC. The summed E-state index contributed by atoms with van der Waals surface area (Å²) in [6.45, 7) is 7.61. The van der Waals surface area contributed by atoms with Gasteiger partial charge in [0.05, 0.1) is 0 Å². The predicted molar refractivity (Wildman–Crippen MR) is 119 cm³/mol. The van der Waals surface area contributed by atoms with Crippen LogP contribution in [0.25, 0.3) is 0 Å². The predicted octanol–water partition coefficient (Wildman–Crippen LogP) is 5.96. The van der Waals surface area contributed by atoms with Crippen LogP contribution < -0.4 is 9.47 Å². The summed E-state index contributed by atoms with van der Waals surface area (Å²) in [7, 11) is 0. The van der Waals surface area contributed by atoms with Gasteiger partial charge in [-0.25, -0.2) is 0 Å². The summed E-state index contributed by atoms with van der Waals surface area (Å²) in [5.74, 6) is 1.39. The van der Waals surface area contributed by atoms with Crippen molar-refractivity contribution in [2.75, 3.05) is 0 Å². The fraction of sp³-hybridized carbons (Fsp3) is 0.500. The molecule has 4 nitrogen and oxygen atoms in total. The van der Waals surface area contributed by atoms with Gasteiger partial charge in [0, 0.05) is 9.79 Å². The Morgan fingerprint density at radius 2 is 1.17 bits per heavy atom. The van der Waals surface area contributed by atoms with Gasteiger partial charge in [0.1, 0.15) is 11.5 Å². The zero-order chi connectivity index (χ0) is 21.2. The number of ether oxygens (including phenoxy) is 2. The molecule has 0 heterocycles. The Bertz CT molecular complexity index is 695. The molecule has 0 saturated heterocycles. The molecule has 29 heavy (non-hydrogen) atoms. The van der Waals surface area contributed by atoms with Crippen LogP contribution >= 0.6 is 11.8 Å². The zero-order valence-electron chi connectivity index (χ0n) is 18.0. The van der Waals surface area contributed by atoms with E-state index >= 15 is 0 Å². The first-order chi connectivity index (χ1) is 13.9. The number of aliphatic hydroxyl groups is 2. The van der Waals surface area contributed by atoms with Crippen LogP contribution in [-0.2, 0) is 12.8 Å². The van der Waals surface area contributed by atoms with E-state index in [4.69, 9.17) is 9.47 Å². The van der Waals surface area contributed by atoms with E-state index in [-0.39, 0.29) is 0 Å². The number of aliphatic hydroxyl groups excluding tert-OH is 2. The maximum atomic E-state index is 9.53. The van der Waals surface area contributed by atoms with E-state index in [2.05, 4.69) is 26.0 Å². The molecule has 0 spiro atoms. The smallest absolute Gasteiger partial charge is 0.194 e. The van der Waals surface area contributed by atoms with Crippen molar-refractivity contribution in [3.8, 4) is 11.5 Å². The maximum absolute atomic E-state index is 9.53. The average Bonchev–Trinajstić information content (AvgIpc) is 2.66. The molecule has 0 aliphatic carbocycles. The van der Waals surface area contributed by atoms with Gasteiger partial charge in [-0.1, -0.05) is 38.5 Å². The molecule has 160 valence electrons. The average molecular weight is 419 g/mol. The first-order valence-corrected chi connectivity index (χ1v) is 11.4. The summed E-state index contributed by atoms with van der Waals surface area (Å²) in [6, 6.07) is 12.1. The molecular weight excluding hydrogens is 384 g/mol. The van der Waals surface area contributed by atoms with E-state index < -0.39 is 12.6 Å². The van der Waals surface area contributed by atoms with Crippen LogP contribution in [0.3, 0.4) is 0 Å². The van der Waals surface area contributed by atoms with Gasteiger partial charge in [-0.2, -0.15) is 0 Å². The molecule has 5 heteroatoms. The Labute approximate surface area is 179 Å². The molecular formula is C24H34O4S. The molecule has 0 amide bonds. The minimum Gasteiger partial charge on any atom is -0.465 e. The van der Waals surface area contributed by atoms with Gasteiger partial charge in [-0.05, 0) is 87.1 Å². The largest absolute Gasteiger partial charge is 0.465 e. The third kappa shape index (κ3) is 7.92. The number of hydrogen-bond donors (Lipinski definition) is 2. The molecule has 0 aliphatic rings. The minimum atomic E-state index is -0.824. The van der Waals surface area contributed by atoms with E-state index in [9.17, 15) is 10.2 Å². The van der Waals surface area contributed by atoms with Crippen molar-refractivity contribution in [3.05, 3.63) is 47.5 Å². The number of unbranched alkanes of at least 4 members (excludes halogenated alkanes) is 2. The molecule has 0 aliphatic heterocycles. The minimum absolute atomic E-state index is 0.697. The zero-order valence-corrected chi connectivity index (χ0v) is 18.8. The topological polar surface area (TPSA) is 58.9 Å². The molecule has 2 N–H and O–H groups in total. The Hall–Kier alpha value is -1.69. The third-order valence-electron chi connectivity index (χ3n) is 4.50. The summed E-state index contributed by atoms with van der Waals surface area (Å²) >= 11 is 1.76. The number of benzene rings is 2. The van der Waals surface area contributed by atoms with Crippen molar-refractivity contribution in [1.82, 2.24) is 0 Å². The summed E-state index contributed by atoms with van der Waals surface area (Å²) in [5.41, 5.74) is 2.47. The molecule has 2 aromatic rings. The van der Waals surface area contributed by atoms with Crippen molar-refractivity contribution < 1.29 is 19.7 Å². The van der Waals surface area contributed by atoms with E-state index in [1.54, 1.807) is 25.6 Å². The molecule has 0 saturated carbocycles. The highest BCUT2D eigenvalue weighted by Gasteiger charge is 2.12. The highest BCUT2D eigenvalue weighted by molar-refractivity contribution is 7.99. The molecule has 0 fully saturated rings. The van der Waals surface area contributed by atoms with Crippen LogP contribution in [0.4, 0.5) is 0 Å². The van der Waals surface area contributed by atoms with Gasteiger partial charge < -0.3 is 19.7 Å². The Morgan fingerprint density at radius 3 is 1.52 bits per heavy atom. The van der Waals surface area contributed by atoms with Crippen molar-refractivity contribution in [2.45, 2.75) is 88.6 Å². The second-order valence-electron chi connectivity index (χ2n) is 7.28. The number of rotatable bonds is 12. The highest BCUT2D eigenvalue weighted by Crippen LogP contribution is 2.37. The van der Waals surface area contributed by atoms with Crippen LogP contribution in [0, 0.1) is 0 Å². The number of aryl methyl sites for hydroxylation is 2.